The van der Waals surface area contributed by atoms with Gasteiger partial charge in [0, 0.05) is 0 Å². The first-order chi connectivity index (χ1) is 9.15. The molecule has 5 heteroatoms. The third-order valence-corrected chi connectivity index (χ3v) is 2.77. The van der Waals surface area contributed by atoms with E-state index in [0.29, 0.717) is 35.1 Å². The highest BCUT2D eigenvalue weighted by atomic mass is 16.5. The predicted octanol–water partition coefficient (Wildman–Crippen LogP) is 1.83. The average Bonchev–Trinajstić information content (AvgIpc) is 2.43. The number of rotatable bonds is 4. The predicted molar refractivity (Wildman–Crippen MR) is 72.2 cm³/mol. The van der Waals surface area contributed by atoms with Crippen molar-refractivity contribution in [2.24, 2.45) is 0 Å². The summed E-state index contributed by atoms with van der Waals surface area (Å²) in [4.78, 5) is 30.3. The van der Waals surface area contributed by atoms with Gasteiger partial charge >= 0.3 is 5.97 Å². The molecule has 1 N–H and O–H groups in total. The second kappa shape index (κ2) is 5.48. The van der Waals surface area contributed by atoms with Crippen LogP contribution < -0.4 is 5.56 Å². The van der Waals surface area contributed by atoms with E-state index in [9.17, 15) is 9.59 Å². The average molecular weight is 258 g/mol. The van der Waals surface area contributed by atoms with Crippen molar-refractivity contribution in [3.8, 4) is 0 Å². The van der Waals surface area contributed by atoms with E-state index in [1.807, 2.05) is 0 Å². The van der Waals surface area contributed by atoms with Crippen LogP contribution in [0.1, 0.15) is 22.5 Å². The maximum absolute atomic E-state index is 11.8. The van der Waals surface area contributed by atoms with Crippen LogP contribution in [0.15, 0.2) is 35.6 Å². The smallest absolute Gasteiger partial charge is 0.337 e. The number of ether oxygens (including phenoxy) is 1. The van der Waals surface area contributed by atoms with Crippen LogP contribution in [0, 0.1) is 0 Å². The number of aryl methyl sites for hydroxylation is 1. The van der Waals surface area contributed by atoms with Crippen molar-refractivity contribution in [2.75, 3.05) is 7.11 Å². The normalized spacial score (nSPS) is 10.4. The fourth-order valence-corrected chi connectivity index (χ4v) is 1.77. The molecule has 0 saturated heterocycles. The van der Waals surface area contributed by atoms with Crippen molar-refractivity contribution in [1.29, 1.82) is 0 Å². The van der Waals surface area contributed by atoms with Crippen molar-refractivity contribution in [2.45, 2.75) is 12.8 Å². The van der Waals surface area contributed by atoms with Gasteiger partial charge in [0.05, 0.1) is 23.7 Å². The zero-order valence-corrected chi connectivity index (χ0v) is 10.6. The van der Waals surface area contributed by atoms with Gasteiger partial charge in [-0.1, -0.05) is 6.08 Å². The van der Waals surface area contributed by atoms with Crippen molar-refractivity contribution >= 4 is 17.0 Å². The van der Waals surface area contributed by atoms with Crippen molar-refractivity contribution in [3.63, 3.8) is 0 Å². The van der Waals surface area contributed by atoms with Crippen LogP contribution in [0.5, 0.6) is 0 Å². The molecule has 0 spiro atoms. The number of aromatic amines is 1. The molecule has 2 rings (SSSR count). The largest absolute Gasteiger partial charge is 0.465 e. The fraction of sp³-hybridized carbons (Fsp3) is 0.214. The fourth-order valence-electron chi connectivity index (χ4n) is 1.77. The molecule has 1 aromatic carbocycles. The quantitative estimate of drug-likeness (QED) is 0.670. The van der Waals surface area contributed by atoms with E-state index in [0.717, 1.165) is 0 Å². The number of nitrogens with one attached hydrogen (secondary N) is 1. The Morgan fingerprint density at radius 3 is 3.00 bits per heavy atom. The number of aromatic nitrogens is 2. The van der Waals surface area contributed by atoms with Crippen LogP contribution in [0.2, 0.25) is 0 Å². The second-order valence-corrected chi connectivity index (χ2v) is 4.06. The number of nitrogens with zero attached hydrogens (tertiary/aromatic N) is 1. The molecule has 98 valence electrons. The van der Waals surface area contributed by atoms with Gasteiger partial charge < -0.3 is 9.72 Å². The summed E-state index contributed by atoms with van der Waals surface area (Å²) < 4.78 is 4.65. The minimum Gasteiger partial charge on any atom is -0.465 e. The standard InChI is InChI=1S/C14H14N2O3/c1-3-4-5-11-13(17)16-10-7-6-9(14(18)19-2)8-12(10)15-11/h3,6-8H,1,4-5H2,2H3,(H,16,17). The molecule has 19 heavy (non-hydrogen) atoms. The van der Waals surface area contributed by atoms with Crippen LogP contribution in [-0.4, -0.2) is 23.0 Å². The topological polar surface area (TPSA) is 72.0 Å². The Kier molecular flexibility index (Phi) is 3.75. The van der Waals surface area contributed by atoms with E-state index in [1.54, 1.807) is 24.3 Å². The number of carbonyl (C=O) groups is 1. The third kappa shape index (κ3) is 2.70. The zero-order valence-electron chi connectivity index (χ0n) is 10.6. The lowest BCUT2D eigenvalue weighted by atomic mass is 10.2. The van der Waals surface area contributed by atoms with Crippen molar-refractivity contribution < 1.29 is 9.53 Å². The highest BCUT2D eigenvalue weighted by Gasteiger charge is 2.09. The summed E-state index contributed by atoms with van der Waals surface area (Å²) in [5, 5.41) is 0. The number of methoxy groups -OCH3 is 1. The SMILES string of the molecule is C=CCCc1nc2cc(C(=O)OC)ccc2[nH]c1=O. The van der Waals surface area contributed by atoms with Crippen LogP contribution in [0.4, 0.5) is 0 Å². The summed E-state index contributed by atoms with van der Waals surface area (Å²) >= 11 is 0. The molecule has 0 saturated carbocycles. The van der Waals surface area contributed by atoms with Gasteiger partial charge in [-0.25, -0.2) is 9.78 Å². The van der Waals surface area contributed by atoms with Crippen molar-refractivity contribution in [3.05, 3.63) is 52.5 Å². The molecule has 1 aromatic heterocycles. The van der Waals surface area contributed by atoms with Gasteiger partial charge in [-0.2, -0.15) is 0 Å². The number of carbonyl (C=O) groups excluding carboxylic acids is 1. The lowest BCUT2D eigenvalue weighted by molar-refractivity contribution is 0.0601. The maximum Gasteiger partial charge on any atom is 0.337 e. The molecule has 0 bridgehead atoms. The molecule has 0 radical (unpaired) electrons. The zero-order chi connectivity index (χ0) is 13.8. The van der Waals surface area contributed by atoms with Crippen LogP contribution in [-0.2, 0) is 11.2 Å². The molecule has 0 amide bonds. The first-order valence-corrected chi connectivity index (χ1v) is 5.88. The molecular weight excluding hydrogens is 244 g/mol. The molecule has 0 aliphatic heterocycles. The van der Waals surface area contributed by atoms with E-state index < -0.39 is 5.97 Å². The number of fused-ring (bicyclic) bond motifs is 1. The number of benzene rings is 1. The second-order valence-electron chi connectivity index (χ2n) is 4.06. The Hall–Kier alpha value is -2.43. The monoisotopic (exact) mass is 258 g/mol. The Labute approximate surface area is 109 Å². The summed E-state index contributed by atoms with van der Waals surface area (Å²) in [7, 11) is 1.32. The number of H-pyrrole nitrogens is 1. The number of hydrogen-bond acceptors (Lipinski definition) is 4. The Balaban J connectivity index is 2.51. The van der Waals surface area contributed by atoms with Gasteiger partial charge in [0.1, 0.15) is 5.69 Å². The summed E-state index contributed by atoms with van der Waals surface area (Å²) in [5.74, 6) is -0.428. The number of allylic oxidation sites excluding steroid dienone is 1. The van der Waals surface area contributed by atoms with Gasteiger partial charge in [0.15, 0.2) is 0 Å². The maximum atomic E-state index is 11.8. The molecule has 0 aliphatic carbocycles. The van der Waals surface area contributed by atoms with E-state index >= 15 is 0 Å². The van der Waals surface area contributed by atoms with Gasteiger partial charge in [0.2, 0.25) is 0 Å². The van der Waals surface area contributed by atoms with Gasteiger partial charge in [0.25, 0.3) is 5.56 Å². The van der Waals surface area contributed by atoms with E-state index in [1.165, 1.54) is 7.11 Å². The Morgan fingerprint density at radius 2 is 2.32 bits per heavy atom. The molecule has 0 aliphatic rings. The first kappa shape index (κ1) is 13.0. The first-order valence-electron chi connectivity index (χ1n) is 5.88. The van der Waals surface area contributed by atoms with Crippen LogP contribution >= 0.6 is 0 Å². The molecule has 0 fully saturated rings. The highest BCUT2D eigenvalue weighted by molar-refractivity contribution is 5.93. The molecule has 1 heterocycles. The number of esters is 1. The lowest BCUT2D eigenvalue weighted by Crippen LogP contribution is -2.15. The summed E-state index contributed by atoms with van der Waals surface area (Å²) in [6.45, 7) is 3.61. The summed E-state index contributed by atoms with van der Waals surface area (Å²) in [6.07, 6.45) is 2.94. The van der Waals surface area contributed by atoms with Crippen LogP contribution in [0.3, 0.4) is 0 Å². The van der Waals surface area contributed by atoms with Gasteiger partial charge in [-0.05, 0) is 31.0 Å². The van der Waals surface area contributed by atoms with E-state index in [4.69, 9.17) is 0 Å². The van der Waals surface area contributed by atoms with Gasteiger partial charge in [-0.3, -0.25) is 4.79 Å². The summed E-state index contributed by atoms with van der Waals surface area (Å²) in [6, 6.07) is 4.84. The Bertz CT molecular complexity index is 689. The highest BCUT2D eigenvalue weighted by Crippen LogP contribution is 2.12. The number of hydrogen-bond donors (Lipinski definition) is 1. The lowest BCUT2D eigenvalue weighted by Gasteiger charge is -2.03. The summed E-state index contributed by atoms with van der Waals surface area (Å²) in [5.41, 5.74) is 1.81. The minimum absolute atomic E-state index is 0.208. The Morgan fingerprint density at radius 1 is 1.53 bits per heavy atom. The molecular formula is C14H14N2O3. The molecule has 5 nitrogen and oxygen atoms in total. The van der Waals surface area contributed by atoms with E-state index in [2.05, 4.69) is 21.3 Å². The van der Waals surface area contributed by atoms with Crippen LogP contribution in [0.25, 0.3) is 11.0 Å². The van der Waals surface area contributed by atoms with Gasteiger partial charge in [-0.15, -0.1) is 6.58 Å². The van der Waals surface area contributed by atoms with E-state index in [-0.39, 0.29) is 5.56 Å². The molecule has 2 aromatic rings. The molecule has 0 unspecified atom stereocenters. The molecule has 0 atom stereocenters. The third-order valence-electron chi connectivity index (χ3n) is 2.77. The van der Waals surface area contributed by atoms with Crippen molar-refractivity contribution in [1.82, 2.24) is 9.97 Å². The minimum atomic E-state index is -0.428.